The fraction of sp³-hybridized carbons (Fsp3) is 0.909. The lowest BCUT2D eigenvalue weighted by Crippen LogP contribution is -2.59. The SMILES string of the molecule is CC(C)CN=C(N)NC(C)(C)C(C)(C)O. The van der Waals surface area contributed by atoms with Gasteiger partial charge >= 0.3 is 0 Å². The van der Waals surface area contributed by atoms with E-state index < -0.39 is 11.1 Å². The number of hydrogen-bond donors (Lipinski definition) is 3. The number of aliphatic imine (C=N–C) groups is 1. The quantitative estimate of drug-likeness (QED) is 0.486. The zero-order valence-corrected chi connectivity index (χ0v) is 10.8. The van der Waals surface area contributed by atoms with Crippen LogP contribution in [0.5, 0.6) is 0 Å². The molecule has 0 unspecified atom stereocenters. The second-order valence-corrected chi connectivity index (χ2v) is 5.43. The van der Waals surface area contributed by atoms with E-state index in [1.807, 2.05) is 13.8 Å². The maximum atomic E-state index is 9.90. The molecule has 0 aromatic carbocycles. The van der Waals surface area contributed by atoms with Gasteiger partial charge in [0, 0.05) is 6.54 Å². The Labute approximate surface area is 93.0 Å². The molecule has 0 aliphatic rings. The largest absolute Gasteiger partial charge is 0.388 e. The van der Waals surface area contributed by atoms with Crippen molar-refractivity contribution in [3.8, 4) is 0 Å². The Morgan fingerprint density at radius 2 is 1.80 bits per heavy atom. The van der Waals surface area contributed by atoms with Crippen LogP contribution in [0.3, 0.4) is 0 Å². The lowest BCUT2D eigenvalue weighted by Gasteiger charge is -2.38. The summed E-state index contributed by atoms with van der Waals surface area (Å²) < 4.78 is 0. The number of hydrogen-bond acceptors (Lipinski definition) is 2. The number of guanidine groups is 1. The van der Waals surface area contributed by atoms with Gasteiger partial charge in [-0.2, -0.15) is 0 Å². The summed E-state index contributed by atoms with van der Waals surface area (Å²) in [6.07, 6.45) is 0. The number of nitrogens with zero attached hydrogens (tertiary/aromatic N) is 1. The standard InChI is InChI=1S/C11H25N3O/c1-8(2)7-13-9(12)14-10(3,4)11(5,6)15/h8,15H,7H2,1-6H3,(H3,12,13,14). The highest BCUT2D eigenvalue weighted by atomic mass is 16.3. The van der Waals surface area contributed by atoms with Gasteiger partial charge in [-0.1, -0.05) is 13.8 Å². The van der Waals surface area contributed by atoms with Crippen molar-refractivity contribution in [2.24, 2.45) is 16.6 Å². The van der Waals surface area contributed by atoms with Crippen LogP contribution in [0, 0.1) is 5.92 Å². The first-order chi connectivity index (χ1) is 6.56. The zero-order chi connectivity index (χ0) is 12.3. The minimum atomic E-state index is -0.856. The molecule has 0 aromatic rings. The Morgan fingerprint density at radius 3 is 2.13 bits per heavy atom. The molecule has 0 atom stereocenters. The normalized spacial score (nSPS) is 14.5. The average Bonchev–Trinajstić information content (AvgIpc) is 1.97. The second kappa shape index (κ2) is 4.84. The molecule has 0 spiro atoms. The smallest absolute Gasteiger partial charge is 0.189 e. The summed E-state index contributed by atoms with van der Waals surface area (Å²) in [4.78, 5) is 4.19. The van der Waals surface area contributed by atoms with E-state index in [-0.39, 0.29) is 0 Å². The molecule has 0 saturated carbocycles. The van der Waals surface area contributed by atoms with E-state index >= 15 is 0 Å². The van der Waals surface area contributed by atoms with Crippen molar-refractivity contribution in [2.75, 3.05) is 6.54 Å². The third kappa shape index (κ3) is 5.02. The van der Waals surface area contributed by atoms with Gasteiger partial charge < -0.3 is 16.2 Å². The van der Waals surface area contributed by atoms with Crippen molar-refractivity contribution in [1.29, 1.82) is 0 Å². The highest BCUT2D eigenvalue weighted by Crippen LogP contribution is 2.19. The van der Waals surface area contributed by atoms with Crippen molar-refractivity contribution >= 4 is 5.96 Å². The van der Waals surface area contributed by atoms with Gasteiger partial charge in [0.15, 0.2) is 5.96 Å². The Morgan fingerprint density at radius 1 is 1.33 bits per heavy atom. The van der Waals surface area contributed by atoms with E-state index in [4.69, 9.17) is 5.73 Å². The lowest BCUT2D eigenvalue weighted by molar-refractivity contribution is 0.00448. The summed E-state index contributed by atoms with van der Waals surface area (Å²) in [6.45, 7) is 12.1. The van der Waals surface area contributed by atoms with E-state index in [2.05, 4.69) is 24.2 Å². The first-order valence-electron chi connectivity index (χ1n) is 5.37. The van der Waals surface area contributed by atoms with E-state index in [0.29, 0.717) is 18.4 Å². The van der Waals surface area contributed by atoms with Crippen LogP contribution in [0.2, 0.25) is 0 Å². The number of rotatable bonds is 4. The fourth-order valence-electron chi connectivity index (χ4n) is 0.794. The molecule has 0 fully saturated rings. The number of nitrogens with two attached hydrogens (primary N) is 1. The highest BCUT2D eigenvalue weighted by molar-refractivity contribution is 5.78. The second-order valence-electron chi connectivity index (χ2n) is 5.43. The molecule has 0 aromatic heterocycles. The lowest BCUT2D eigenvalue weighted by atomic mass is 9.86. The van der Waals surface area contributed by atoms with Crippen LogP contribution in [-0.2, 0) is 0 Å². The maximum Gasteiger partial charge on any atom is 0.189 e. The summed E-state index contributed by atoms with van der Waals surface area (Å²) in [5.41, 5.74) is 4.37. The molecule has 0 saturated heterocycles. The number of nitrogens with one attached hydrogen (secondary N) is 1. The molecule has 4 nitrogen and oxygen atoms in total. The molecule has 0 aliphatic heterocycles. The van der Waals surface area contributed by atoms with Crippen LogP contribution in [-0.4, -0.2) is 28.8 Å². The first kappa shape index (κ1) is 14.2. The van der Waals surface area contributed by atoms with Crippen LogP contribution < -0.4 is 11.1 Å². The third-order valence-corrected chi connectivity index (χ3v) is 2.60. The first-order valence-corrected chi connectivity index (χ1v) is 5.37. The minimum absolute atomic E-state index is 0.385. The summed E-state index contributed by atoms with van der Waals surface area (Å²) in [6, 6.07) is 0. The van der Waals surface area contributed by atoms with Crippen LogP contribution >= 0.6 is 0 Å². The molecule has 4 heteroatoms. The van der Waals surface area contributed by atoms with E-state index in [0.717, 1.165) is 0 Å². The van der Waals surface area contributed by atoms with Crippen LogP contribution in [0.1, 0.15) is 41.5 Å². The van der Waals surface area contributed by atoms with Crippen LogP contribution in [0.4, 0.5) is 0 Å². The highest BCUT2D eigenvalue weighted by Gasteiger charge is 2.35. The summed E-state index contributed by atoms with van der Waals surface area (Å²) in [7, 11) is 0. The topological polar surface area (TPSA) is 70.6 Å². The molecule has 0 aliphatic carbocycles. The number of aliphatic hydroxyl groups is 1. The Hall–Kier alpha value is -0.770. The van der Waals surface area contributed by atoms with Crippen LogP contribution in [0.15, 0.2) is 4.99 Å². The monoisotopic (exact) mass is 215 g/mol. The molecule has 90 valence electrons. The van der Waals surface area contributed by atoms with Crippen molar-refractivity contribution in [3.63, 3.8) is 0 Å². The molecular formula is C11H25N3O. The van der Waals surface area contributed by atoms with E-state index in [1.54, 1.807) is 13.8 Å². The summed E-state index contributed by atoms with van der Waals surface area (Å²) in [5.74, 6) is 0.867. The molecule has 15 heavy (non-hydrogen) atoms. The predicted octanol–water partition coefficient (Wildman–Crippen LogP) is 1.10. The van der Waals surface area contributed by atoms with Gasteiger partial charge in [-0.25, -0.2) is 0 Å². The molecular weight excluding hydrogens is 190 g/mol. The van der Waals surface area contributed by atoms with E-state index in [1.165, 1.54) is 0 Å². The molecule has 0 bridgehead atoms. The third-order valence-electron chi connectivity index (χ3n) is 2.60. The average molecular weight is 215 g/mol. The Bertz CT molecular complexity index is 226. The van der Waals surface area contributed by atoms with Gasteiger partial charge in [0.25, 0.3) is 0 Å². The Balaban J connectivity index is 4.40. The minimum Gasteiger partial charge on any atom is -0.388 e. The van der Waals surface area contributed by atoms with Crippen molar-refractivity contribution < 1.29 is 5.11 Å². The van der Waals surface area contributed by atoms with Gasteiger partial charge in [0.2, 0.25) is 0 Å². The molecule has 0 amide bonds. The predicted molar refractivity (Wildman–Crippen MR) is 64.8 cm³/mol. The van der Waals surface area contributed by atoms with Gasteiger partial charge in [-0.15, -0.1) is 0 Å². The van der Waals surface area contributed by atoms with Crippen molar-refractivity contribution in [1.82, 2.24) is 5.32 Å². The maximum absolute atomic E-state index is 9.90. The van der Waals surface area contributed by atoms with Crippen molar-refractivity contribution in [3.05, 3.63) is 0 Å². The van der Waals surface area contributed by atoms with Crippen LogP contribution in [0.25, 0.3) is 0 Å². The van der Waals surface area contributed by atoms with Gasteiger partial charge in [0.05, 0.1) is 11.1 Å². The molecule has 0 radical (unpaired) electrons. The molecule has 0 heterocycles. The van der Waals surface area contributed by atoms with Gasteiger partial charge in [-0.3, -0.25) is 4.99 Å². The van der Waals surface area contributed by atoms with Gasteiger partial charge in [-0.05, 0) is 33.6 Å². The Kier molecular flexibility index (Phi) is 4.59. The molecule has 0 rings (SSSR count). The molecule has 4 N–H and O–H groups in total. The summed E-state index contributed by atoms with van der Waals surface area (Å²) in [5, 5.41) is 12.9. The zero-order valence-electron chi connectivity index (χ0n) is 10.8. The van der Waals surface area contributed by atoms with E-state index in [9.17, 15) is 5.11 Å². The van der Waals surface area contributed by atoms with Gasteiger partial charge in [0.1, 0.15) is 0 Å². The summed E-state index contributed by atoms with van der Waals surface area (Å²) >= 11 is 0. The van der Waals surface area contributed by atoms with Crippen molar-refractivity contribution in [2.45, 2.75) is 52.7 Å². The fourth-order valence-corrected chi connectivity index (χ4v) is 0.794.